The van der Waals surface area contributed by atoms with Crippen LogP contribution in [0.25, 0.3) is 10.9 Å². The molecule has 31 heavy (non-hydrogen) atoms. The second-order valence-electron chi connectivity index (χ2n) is 6.99. The number of ether oxygens (including phenoxy) is 3. The van der Waals surface area contributed by atoms with Gasteiger partial charge in [-0.1, -0.05) is 30.3 Å². The minimum atomic E-state index is -0.921. The predicted molar refractivity (Wildman–Crippen MR) is 115 cm³/mol. The van der Waals surface area contributed by atoms with Crippen molar-refractivity contribution in [3.63, 3.8) is 0 Å². The summed E-state index contributed by atoms with van der Waals surface area (Å²) in [5, 5.41) is 3.17. The maximum Gasteiger partial charge on any atom is 0.408 e. The molecule has 0 saturated heterocycles. The average molecular weight is 424 g/mol. The first-order valence-corrected chi connectivity index (χ1v) is 9.69. The largest absolute Gasteiger partial charge is 0.497 e. The normalized spacial score (nSPS) is 11.6. The molecule has 0 aliphatic rings. The standard InChI is InChI=1S/C23H24N2O6/c1-15(24-23(28)31-13-16-7-5-4-6-8-16)22(27)30-14-17-11-21(26)25(2)20-10-9-18(29-3)12-19(17)20/h4-12,15H,13-14H2,1-3H3,(H,24,28)/t15-/m0/s1. The Labute approximate surface area is 179 Å². The van der Waals surface area contributed by atoms with Gasteiger partial charge >= 0.3 is 12.1 Å². The monoisotopic (exact) mass is 424 g/mol. The van der Waals surface area contributed by atoms with Crippen LogP contribution in [0.4, 0.5) is 4.79 Å². The van der Waals surface area contributed by atoms with Crippen LogP contribution in [-0.2, 0) is 34.5 Å². The molecule has 1 heterocycles. The lowest BCUT2D eigenvalue weighted by molar-refractivity contribution is -0.146. The van der Waals surface area contributed by atoms with E-state index in [1.165, 1.54) is 17.6 Å². The molecule has 162 valence electrons. The van der Waals surface area contributed by atoms with E-state index in [9.17, 15) is 14.4 Å². The van der Waals surface area contributed by atoms with Crippen LogP contribution in [0.1, 0.15) is 18.1 Å². The van der Waals surface area contributed by atoms with E-state index < -0.39 is 18.1 Å². The Hall–Kier alpha value is -3.81. The second-order valence-corrected chi connectivity index (χ2v) is 6.99. The van der Waals surface area contributed by atoms with Gasteiger partial charge in [-0.3, -0.25) is 4.79 Å². The summed E-state index contributed by atoms with van der Waals surface area (Å²) in [5.41, 5.74) is 1.85. The van der Waals surface area contributed by atoms with Crippen LogP contribution in [0.15, 0.2) is 59.4 Å². The number of nitrogens with zero attached hydrogens (tertiary/aromatic N) is 1. The summed E-state index contributed by atoms with van der Waals surface area (Å²) < 4.78 is 17.2. The lowest BCUT2D eigenvalue weighted by Gasteiger charge is -2.15. The van der Waals surface area contributed by atoms with Crippen LogP contribution in [0.5, 0.6) is 5.75 Å². The lowest BCUT2D eigenvalue weighted by Crippen LogP contribution is -2.39. The van der Waals surface area contributed by atoms with Crippen LogP contribution in [-0.4, -0.2) is 29.8 Å². The molecule has 0 spiro atoms. The molecule has 1 amide bonds. The molecule has 2 aromatic carbocycles. The fraction of sp³-hybridized carbons (Fsp3) is 0.261. The number of hydrogen-bond acceptors (Lipinski definition) is 6. The van der Waals surface area contributed by atoms with Gasteiger partial charge < -0.3 is 24.1 Å². The Bertz CT molecular complexity index is 1140. The first-order chi connectivity index (χ1) is 14.9. The maximum atomic E-state index is 12.3. The number of pyridine rings is 1. The van der Waals surface area contributed by atoms with E-state index in [-0.39, 0.29) is 18.8 Å². The fourth-order valence-electron chi connectivity index (χ4n) is 3.03. The number of carbonyl (C=O) groups excluding carboxylic acids is 2. The van der Waals surface area contributed by atoms with Gasteiger partial charge in [0.25, 0.3) is 5.56 Å². The van der Waals surface area contributed by atoms with Gasteiger partial charge in [-0.2, -0.15) is 0 Å². The van der Waals surface area contributed by atoms with Gasteiger partial charge in [-0.25, -0.2) is 9.59 Å². The van der Waals surface area contributed by atoms with Crippen molar-refractivity contribution in [3.05, 3.63) is 76.1 Å². The zero-order valence-corrected chi connectivity index (χ0v) is 17.6. The van der Waals surface area contributed by atoms with Gasteiger partial charge in [-0.15, -0.1) is 0 Å². The number of carbonyl (C=O) groups is 2. The van der Waals surface area contributed by atoms with Crippen LogP contribution in [0.3, 0.4) is 0 Å². The average Bonchev–Trinajstić information content (AvgIpc) is 2.79. The molecule has 0 aliphatic carbocycles. The number of amides is 1. The lowest BCUT2D eigenvalue weighted by atomic mass is 10.1. The fourth-order valence-corrected chi connectivity index (χ4v) is 3.03. The van der Waals surface area contributed by atoms with Gasteiger partial charge in [0.05, 0.1) is 12.6 Å². The van der Waals surface area contributed by atoms with Crippen LogP contribution in [0, 0.1) is 0 Å². The van der Waals surface area contributed by atoms with Gasteiger partial charge in [0.15, 0.2) is 0 Å². The second kappa shape index (κ2) is 9.80. The van der Waals surface area contributed by atoms with Crippen LogP contribution in [0.2, 0.25) is 0 Å². The topological polar surface area (TPSA) is 95.9 Å². The highest BCUT2D eigenvalue weighted by Gasteiger charge is 2.19. The van der Waals surface area contributed by atoms with Crippen molar-refractivity contribution in [2.75, 3.05) is 7.11 Å². The van der Waals surface area contributed by atoms with E-state index >= 15 is 0 Å². The van der Waals surface area contributed by atoms with E-state index in [1.54, 1.807) is 32.4 Å². The molecule has 0 aliphatic heterocycles. The molecule has 0 fully saturated rings. The number of alkyl carbamates (subject to hydrolysis) is 1. The molecule has 0 unspecified atom stereocenters. The molecular weight excluding hydrogens is 400 g/mol. The van der Waals surface area contributed by atoms with Gasteiger partial charge in [0, 0.05) is 24.1 Å². The summed E-state index contributed by atoms with van der Waals surface area (Å²) in [6.07, 6.45) is -0.725. The van der Waals surface area contributed by atoms with Crippen molar-refractivity contribution in [2.24, 2.45) is 7.05 Å². The quantitative estimate of drug-likeness (QED) is 0.586. The Morgan fingerprint density at radius 2 is 1.77 bits per heavy atom. The SMILES string of the molecule is COc1ccc2c(c1)c(COC(=O)[C@H](C)NC(=O)OCc1ccccc1)cc(=O)n2C. The smallest absolute Gasteiger partial charge is 0.408 e. The Morgan fingerprint density at radius 3 is 2.48 bits per heavy atom. The van der Waals surface area contributed by atoms with Crippen LogP contribution < -0.4 is 15.6 Å². The summed E-state index contributed by atoms with van der Waals surface area (Å²) >= 11 is 0. The molecular formula is C23H24N2O6. The number of nitrogens with one attached hydrogen (secondary N) is 1. The van der Waals surface area contributed by atoms with E-state index in [0.717, 1.165) is 10.9 Å². The van der Waals surface area contributed by atoms with Crippen LogP contribution >= 0.6 is 0 Å². The molecule has 3 rings (SSSR count). The first kappa shape index (κ1) is 21.9. The number of benzene rings is 2. The summed E-state index contributed by atoms with van der Waals surface area (Å²) in [7, 11) is 3.22. The highest BCUT2D eigenvalue weighted by atomic mass is 16.6. The number of methoxy groups -OCH3 is 1. The molecule has 0 bridgehead atoms. The third-order valence-electron chi connectivity index (χ3n) is 4.81. The molecule has 8 nitrogen and oxygen atoms in total. The van der Waals surface area contributed by atoms with Crippen molar-refractivity contribution < 1.29 is 23.8 Å². The van der Waals surface area contributed by atoms with Gasteiger partial charge in [0.1, 0.15) is 25.0 Å². The number of esters is 1. The first-order valence-electron chi connectivity index (χ1n) is 9.69. The summed E-state index contributed by atoms with van der Waals surface area (Å²) in [6, 6.07) is 15.0. The highest BCUT2D eigenvalue weighted by Crippen LogP contribution is 2.23. The summed E-state index contributed by atoms with van der Waals surface area (Å²) in [4.78, 5) is 36.5. The van der Waals surface area contributed by atoms with Crippen molar-refractivity contribution in [1.29, 1.82) is 0 Å². The number of hydrogen-bond donors (Lipinski definition) is 1. The van der Waals surface area contributed by atoms with E-state index in [1.807, 2.05) is 30.3 Å². The van der Waals surface area contributed by atoms with E-state index in [0.29, 0.717) is 16.8 Å². The molecule has 1 atom stereocenters. The Morgan fingerprint density at radius 1 is 1.03 bits per heavy atom. The minimum Gasteiger partial charge on any atom is -0.497 e. The minimum absolute atomic E-state index is 0.0928. The van der Waals surface area contributed by atoms with Crippen molar-refractivity contribution in [3.8, 4) is 5.75 Å². The van der Waals surface area contributed by atoms with E-state index in [4.69, 9.17) is 14.2 Å². The third kappa shape index (κ3) is 5.42. The van der Waals surface area contributed by atoms with Crippen molar-refractivity contribution in [2.45, 2.75) is 26.2 Å². The highest BCUT2D eigenvalue weighted by molar-refractivity contribution is 5.85. The zero-order valence-electron chi connectivity index (χ0n) is 17.6. The number of fused-ring (bicyclic) bond motifs is 1. The third-order valence-corrected chi connectivity index (χ3v) is 4.81. The number of aryl methyl sites for hydroxylation is 1. The van der Waals surface area contributed by atoms with Crippen molar-refractivity contribution >= 4 is 23.0 Å². The molecule has 1 N–H and O–H groups in total. The molecule has 3 aromatic rings. The van der Waals surface area contributed by atoms with Crippen molar-refractivity contribution in [1.82, 2.24) is 9.88 Å². The number of rotatable bonds is 7. The molecule has 8 heteroatoms. The van der Waals surface area contributed by atoms with Gasteiger partial charge in [0.2, 0.25) is 0 Å². The summed E-state index contributed by atoms with van der Waals surface area (Å²) in [5.74, 6) is -0.0247. The molecule has 1 aromatic heterocycles. The van der Waals surface area contributed by atoms with E-state index in [2.05, 4.69) is 5.32 Å². The molecule has 0 saturated carbocycles. The maximum absolute atomic E-state index is 12.3. The predicted octanol–water partition coefficient (Wildman–Crippen LogP) is 2.91. The molecule has 0 radical (unpaired) electrons. The Kier molecular flexibility index (Phi) is 6.92. The Balaban J connectivity index is 1.62. The summed E-state index contributed by atoms with van der Waals surface area (Å²) in [6.45, 7) is 1.47. The zero-order chi connectivity index (χ0) is 22.4. The number of aromatic nitrogens is 1. The van der Waals surface area contributed by atoms with Gasteiger partial charge in [-0.05, 0) is 30.7 Å².